The van der Waals surface area contributed by atoms with Gasteiger partial charge in [0.05, 0.1) is 11.0 Å². The number of aliphatic hydroxyl groups excluding tert-OH is 2. The van der Waals surface area contributed by atoms with E-state index in [0.29, 0.717) is 46.4 Å². The Labute approximate surface area is 326 Å². The number of aromatic nitrogens is 1. The minimum absolute atomic E-state index is 0.00904. The number of carbonyl (C=O) groups is 3. The number of unbranched alkanes of at least 4 members (excludes halogenated alkanes) is 10. The number of carbonyl (C=O) groups excluding carboxylic acids is 3. The Balaban J connectivity index is 1.51. The summed E-state index contributed by atoms with van der Waals surface area (Å²) in [4.78, 5) is 42.3. The molecular formula is C48H56N2O5. The highest BCUT2D eigenvalue weighted by molar-refractivity contribution is 6.12. The molecule has 1 heterocycles. The second-order valence-electron chi connectivity index (χ2n) is 14.5. The molecule has 0 atom stereocenters. The molecule has 0 fully saturated rings. The highest BCUT2D eigenvalue weighted by Gasteiger charge is 2.20. The summed E-state index contributed by atoms with van der Waals surface area (Å²) in [6.45, 7) is 5.88. The van der Waals surface area contributed by atoms with E-state index in [0.717, 1.165) is 36.5 Å². The van der Waals surface area contributed by atoms with E-state index in [4.69, 9.17) is 0 Å². The molecule has 288 valence electrons. The number of hydrogen-bond acceptors (Lipinski definition) is 5. The van der Waals surface area contributed by atoms with E-state index in [-0.39, 0.29) is 35.5 Å². The summed E-state index contributed by atoms with van der Waals surface area (Å²) >= 11 is 0. The Hall–Kier alpha value is -5.43. The van der Waals surface area contributed by atoms with Crippen molar-refractivity contribution in [1.29, 1.82) is 0 Å². The Morgan fingerprint density at radius 1 is 0.527 bits per heavy atom. The number of benzene rings is 4. The number of fused-ring (bicyclic) bond motifs is 3. The van der Waals surface area contributed by atoms with Crippen molar-refractivity contribution in [3.05, 3.63) is 131 Å². The molecule has 0 saturated carbocycles. The molecule has 0 unspecified atom stereocenters. The quantitative estimate of drug-likeness (QED) is 0.0318. The molecule has 55 heavy (non-hydrogen) atoms. The third-order valence-corrected chi connectivity index (χ3v) is 10.3. The number of amides is 1. The second kappa shape index (κ2) is 20.9. The lowest BCUT2D eigenvalue weighted by Gasteiger charge is -2.24. The van der Waals surface area contributed by atoms with Gasteiger partial charge in [0, 0.05) is 58.3 Å². The van der Waals surface area contributed by atoms with E-state index in [2.05, 4.69) is 13.8 Å². The van der Waals surface area contributed by atoms with Crippen LogP contribution in [0.2, 0.25) is 0 Å². The van der Waals surface area contributed by atoms with Crippen LogP contribution in [0.3, 0.4) is 0 Å². The van der Waals surface area contributed by atoms with Crippen LogP contribution in [0.1, 0.15) is 123 Å². The van der Waals surface area contributed by atoms with E-state index in [9.17, 15) is 24.6 Å². The molecule has 1 amide bonds. The highest BCUT2D eigenvalue weighted by atomic mass is 16.3. The maximum absolute atomic E-state index is 14.4. The summed E-state index contributed by atoms with van der Waals surface area (Å²) in [5.74, 6) is -0.966. The van der Waals surface area contributed by atoms with Crippen molar-refractivity contribution in [2.45, 2.75) is 97.4 Å². The lowest BCUT2D eigenvalue weighted by molar-refractivity contribution is -0.131. The van der Waals surface area contributed by atoms with Crippen LogP contribution >= 0.6 is 0 Å². The monoisotopic (exact) mass is 740 g/mol. The zero-order valence-electron chi connectivity index (χ0n) is 32.5. The topological polar surface area (TPSA) is 99.8 Å². The largest absolute Gasteiger partial charge is 0.507 e. The average Bonchev–Trinajstić information content (AvgIpc) is 3.51. The number of hydrogen-bond donors (Lipinski definition) is 2. The maximum Gasteiger partial charge on any atom is 0.242 e. The first-order chi connectivity index (χ1) is 26.8. The maximum atomic E-state index is 14.4. The molecule has 0 spiro atoms. The van der Waals surface area contributed by atoms with Gasteiger partial charge in [-0.15, -0.1) is 0 Å². The molecule has 0 aliphatic rings. The number of rotatable bonds is 22. The number of ketones is 2. The molecule has 0 bridgehead atoms. The van der Waals surface area contributed by atoms with E-state index in [1.807, 2.05) is 45.9 Å². The fourth-order valence-electron chi connectivity index (χ4n) is 7.13. The van der Waals surface area contributed by atoms with Crippen molar-refractivity contribution in [3.63, 3.8) is 0 Å². The summed E-state index contributed by atoms with van der Waals surface area (Å²) in [7, 11) is 0. The average molecular weight is 741 g/mol. The van der Waals surface area contributed by atoms with Gasteiger partial charge in [0.1, 0.15) is 18.1 Å². The van der Waals surface area contributed by atoms with Gasteiger partial charge in [-0.2, -0.15) is 0 Å². The predicted molar refractivity (Wildman–Crippen MR) is 226 cm³/mol. The molecule has 4 aromatic carbocycles. The van der Waals surface area contributed by atoms with E-state index >= 15 is 0 Å². The van der Waals surface area contributed by atoms with Crippen molar-refractivity contribution in [2.24, 2.45) is 0 Å². The van der Waals surface area contributed by atoms with Gasteiger partial charge < -0.3 is 19.7 Å². The van der Waals surface area contributed by atoms with Crippen LogP contribution in [0.4, 0.5) is 0 Å². The van der Waals surface area contributed by atoms with Crippen LogP contribution in [0.25, 0.3) is 33.3 Å². The van der Waals surface area contributed by atoms with Gasteiger partial charge in [-0.1, -0.05) is 163 Å². The lowest BCUT2D eigenvalue weighted by atomic mass is 10.0. The predicted octanol–water partition coefficient (Wildman–Crippen LogP) is 11.9. The molecular weight excluding hydrogens is 685 g/mol. The molecule has 2 N–H and O–H groups in total. The molecule has 7 nitrogen and oxygen atoms in total. The number of allylic oxidation sites excluding steroid dienone is 2. The van der Waals surface area contributed by atoms with Crippen LogP contribution in [0.5, 0.6) is 0 Å². The summed E-state index contributed by atoms with van der Waals surface area (Å²) in [5.41, 5.74) is 3.26. The van der Waals surface area contributed by atoms with E-state index in [1.54, 1.807) is 60.7 Å². The van der Waals surface area contributed by atoms with Gasteiger partial charge in [0.15, 0.2) is 11.6 Å². The normalized spacial score (nSPS) is 12.0. The van der Waals surface area contributed by atoms with Crippen LogP contribution in [0.15, 0.2) is 109 Å². The van der Waals surface area contributed by atoms with Crippen LogP contribution < -0.4 is 0 Å². The lowest BCUT2D eigenvalue weighted by Crippen LogP contribution is -2.35. The zero-order chi connectivity index (χ0) is 39.0. The molecule has 7 heteroatoms. The van der Waals surface area contributed by atoms with Crippen molar-refractivity contribution < 1.29 is 24.6 Å². The first-order valence-corrected chi connectivity index (χ1v) is 20.1. The minimum Gasteiger partial charge on any atom is -0.507 e. The fraction of sp³-hybridized carbons (Fsp3) is 0.354. The zero-order valence-corrected chi connectivity index (χ0v) is 32.5. The number of aliphatic hydroxyl groups is 2. The third-order valence-electron chi connectivity index (χ3n) is 10.3. The second-order valence-corrected chi connectivity index (χ2v) is 14.5. The fourth-order valence-corrected chi connectivity index (χ4v) is 7.13. The Bertz CT molecular complexity index is 1950. The Morgan fingerprint density at radius 3 is 1.35 bits per heavy atom. The molecule has 0 saturated heterocycles. The Morgan fingerprint density at radius 2 is 0.927 bits per heavy atom. The van der Waals surface area contributed by atoms with Crippen molar-refractivity contribution in [3.8, 4) is 0 Å². The molecule has 5 aromatic rings. The summed E-state index contributed by atoms with van der Waals surface area (Å²) < 4.78 is 1.94. The van der Waals surface area contributed by atoms with Crippen LogP contribution in [-0.2, 0) is 11.3 Å². The van der Waals surface area contributed by atoms with Crippen LogP contribution in [0, 0.1) is 0 Å². The van der Waals surface area contributed by atoms with Crippen LogP contribution in [-0.4, -0.2) is 50.2 Å². The van der Waals surface area contributed by atoms with Gasteiger partial charge in [0.25, 0.3) is 0 Å². The van der Waals surface area contributed by atoms with Gasteiger partial charge in [-0.05, 0) is 25.0 Å². The first kappa shape index (κ1) is 40.7. The molecule has 0 radical (unpaired) electrons. The SMILES string of the molecule is CCCCCCCCN(CCCCCCCC)C(=O)Cn1c2cc(/C(O)=C\C(=O)c3ccccc3)ccc2c2ccc(/C(O)=C\C(=O)c3ccccc3)cc21. The summed E-state index contributed by atoms with van der Waals surface area (Å²) in [6, 6.07) is 28.5. The van der Waals surface area contributed by atoms with Crippen molar-refractivity contribution >= 4 is 50.8 Å². The van der Waals surface area contributed by atoms with E-state index < -0.39 is 0 Å². The molecule has 0 aliphatic heterocycles. The minimum atomic E-state index is -0.314. The highest BCUT2D eigenvalue weighted by Crippen LogP contribution is 2.33. The summed E-state index contributed by atoms with van der Waals surface area (Å²) in [6.07, 6.45) is 16.1. The van der Waals surface area contributed by atoms with Gasteiger partial charge in [0.2, 0.25) is 5.91 Å². The van der Waals surface area contributed by atoms with Gasteiger partial charge >= 0.3 is 0 Å². The van der Waals surface area contributed by atoms with Gasteiger partial charge in [-0.25, -0.2) is 0 Å². The first-order valence-electron chi connectivity index (χ1n) is 20.1. The Kier molecular flexibility index (Phi) is 15.5. The van der Waals surface area contributed by atoms with Crippen molar-refractivity contribution in [2.75, 3.05) is 13.1 Å². The van der Waals surface area contributed by atoms with Crippen molar-refractivity contribution in [1.82, 2.24) is 9.47 Å². The summed E-state index contributed by atoms with van der Waals surface area (Å²) in [5, 5.41) is 24.1. The standard InChI is InChI=1S/C48H56N2O5/c1-3-5-7-9-11-19-29-49(30-20-12-10-8-6-4-2)48(55)35-50-42-31-38(46(53)33-44(51)36-21-15-13-16-22-36)25-27-40(42)41-28-26-39(32-43(41)50)47(54)34-45(52)37-23-17-14-18-24-37/h13-18,21-28,31-34,53-54H,3-12,19-20,29-30,35H2,1-2H3/b46-33+,47-34+. The van der Waals surface area contributed by atoms with Gasteiger partial charge in [-0.3, -0.25) is 14.4 Å². The number of nitrogens with zero attached hydrogens (tertiary/aromatic N) is 2. The molecule has 1 aromatic heterocycles. The molecule has 5 rings (SSSR count). The van der Waals surface area contributed by atoms with E-state index in [1.165, 1.54) is 63.5 Å². The smallest absolute Gasteiger partial charge is 0.242 e. The molecule has 0 aliphatic carbocycles. The third kappa shape index (κ3) is 11.3.